The van der Waals surface area contributed by atoms with Gasteiger partial charge in [-0.15, -0.1) is 0 Å². The summed E-state index contributed by atoms with van der Waals surface area (Å²) >= 11 is 0. The van der Waals surface area contributed by atoms with Crippen LogP contribution in [0, 0.1) is 0 Å². The molecule has 5 nitrogen and oxygen atoms in total. The molecule has 3 aromatic rings. The van der Waals surface area contributed by atoms with E-state index in [9.17, 15) is 4.79 Å². The molecule has 1 amide bonds. The van der Waals surface area contributed by atoms with E-state index in [0.29, 0.717) is 6.42 Å². The first kappa shape index (κ1) is 22.7. The molecule has 0 saturated heterocycles. The number of carbonyl (C=O) groups excluding carboxylic acids is 1. The Morgan fingerprint density at radius 3 is 2.39 bits per heavy atom. The van der Waals surface area contributed by atoms with Crippen molar-refractivity contribution in [3.05, 3.63) is 59.8 Å². The van der Waals surface area contributed by atoms with Crippen LogP contribution in [0.2, 0.25) is 0 Å². The molecule has 0 radical (unpaired) electrons. The number of aryl methyl sites for hydroxylation is 1. The van der Waals surface area contributed by atoms with Crippen LogP contribution in [0.1, 0.15) is 56.6 Å². The summed E-state index contributed by atoms with van der Waals surface area (Å²) in [5, 5.41) is 4.28. The number of hydrogen-bond acceptors (Lipinski definition) is 3. The van der Waals surface area contributed by atoms with Crippen molar-refractivity contribution in [1.82, 2.24) is 9.88 Å². The van der Waals surface area contributed by atoms with Crippen molar-refractivity contribution >= 4 is 16.8 Å². The summed E-state index contributed by atoms with van der Waals surface area (Å²) in [6.45, 7) is 5.90. The number of unbranched alkanes of at least 4 members (excludes halogenated alkanes) is 2. The summed E-state index contributed by atoms with van der Waals surface area (Å²) in [6.07, 6.45) is 5.83. The van der Waals surface area contributed by atoms with E-state index >= 15 is 0 Å². The zero-order chi connectivity index (χ0) is 22.2. The number of ether oxygens (including phenoxy) is 2. The van der Waals surface area contributed by atoms with E-state index in [1.165, 1.54) is 10.9 Å². The van der Waals surface area contributed by atoms with Crippen LogP contribution < -0.4 is 14.8 Å². The average molecular weight is 423 g/mol. The molecule has 5 heteroatoms. The van der Waals surface area contributed by atoms with Crippen molar-refractivity contribution in [3.8, 4) is 11.5 Å². The third kappa shape index (κ3) is 5.40. The minimum atomic E-state index is -0.104. The number of benzene rings is 2. The van der Waals surface area contributed by atoms with E-state index in [0.717, 1.165) is 55.0 Å². The van der Waals surface area contributed by atoms with Crippen molar-refractivity contribution in [2.75, 3.05) is 20.8 Å². The van der Waals surface area contributed by atoms with Gasteiger partial charge in [0.05, 0.1) is 14.2 Å². The molecule has 0 aliphatic rings. The molecule has 1 unspecified atom stereocenters. The molecule has 3 rings (SSSR count). The lowest BCUT2D eigenvalue weighted by Gasteiger charge is -2.19. The first-order valence-electron chi connectivity index (χ1n) is 11.2. The minimum absolute atomic E-state index is 0.0659. The highest BCUT2D eigenvalue weighted by atomic mass is 16.5. The lowest BCUT2D eigenvalue weighted by molar-refractivity contribution is -0.121. The van der Waals surface area contributed by atoms with Gasteiger partial charge in [0.15, 0.2) is 0 Å². The average Bonchev–Trinajstić information content (AvgIpc) is 3.18. The molecule has 0 spiro atoms. The van der Waals surface area contributed by atoms with E-state index < -0.39 is 0 Å². The summed E-state index contributed by atoms with van der Waals surface area (Å²) in [4.78, 5) is 12.9. The second-order valence-electron chi connectivity index (χ2n) is 7.85. The Bertz CT molecular complexity index is 987. The van der Waals surface area contributed by atoms with Gasteiger partial charge in [-0.2, -0.15) is 0 Å². The number of aromatic nitrogens is 1. The number of nitrogens with one attached hydrogen (secondary N) is 1. The van der Waals surface area contributed by atoms with E-state index in [1.807, 2.05) is 18.2 Å². The summed E-state index contributed by atoms with van der Waals surface area (Å²) in [6, 6.07) is 14.3. The first-order valence-corrected chi connectivity index (χ1v) is 11.2. The highest BCUT2D eigenvalue weighted by Crippen LogP contribution is 2.37. The molecular formula is C26H34N2O3. The molecule has 166 valence electrons. The molecule has 1 N–H and O–H groups in total. The molecular weight excluding hydrogens is 388 g/mol. The molecule has 1 atom stereocenters. The topological polar surface area (TPSA) is 52.5 Å². The van der Waals surface area contributed by atoms with Crippen LogP contribution in [-0.4, -0.2) is 31.2 Å². The Kier molecular flexibility index (Phi) is 7.99. The zero-order valence-electron chi connectivity index (χ0n) is 19.1. The van der Waals surface area contributed by atoms with Gasteiger partial charge in [-0.25, -0.2) is 0 Å². The predicted molar refractivity (Wildman–Crippen MR) is 126 cm³/mol. The number of hydrogen-bond donors (Lipinski definition) is 1. The number of rotatable bonds is 11. The number of amides is 1. The van der Waals surface area contributed by atoms with Crippen molar-refractivity contribution in [3.63, 3.8) is 0 Å². The molecule has 0 aliphatic carbocycles. The lowest BCUT2D eigenvalue weighted by Crippen LogP contribution is -2.26. The molecule has 2 aromatic carbocycles. The van der Waals surface area contributed by atoms with Crippen LogP contribution in [0.15, 0.2) is 48.7 Å². The van der Waals surface area contributed by atoms with Crippen LogP contribution in [-0.2, 0) is 11.3 Å². The number of para-hydroxylation sites is 1. The van der Waals surface area contributed by atoms with E-state index in [1.54, 1.807) is 14.2 Å². The maximum atomic E-state index is 12.9. The molecule has 0 aliphatic heterocycles. The van der Waals surface area contributed by atoms with Gasteiger partial charge in [0.25, 0.3) is 0 Å². The van der Waals surface area contributed by atoms with Crippen molar-refractivity contribution in [2.45, 2.75) is 52.0 Å². The normalized spacial score (nSPS) is 12.0. The third-order valence-corrected chi connectivity index (χ3v) is 5.80. The van der Waals surface area contributed by atoms with Gasteiger partial charge < -0.3 is 19.4 Å². The van der Waals surface area contributed by atoms with Gasteiger partial charge >= 0.3 is 0 Å². The fourth-order valence-electron chi connectivity index (χ4n) is 4.11. The Hall–Kier alpha value is -2.95. The minimum Gasteiger partial charge on any atom is -0.497 e. The van der Waals surface area contributed by atoms with Crippen molar-refractivity contribution in [2.24, 2.45) is 0 Å². The number of fused-ring (bicyclic) bond motifs is 1. The quantitative estimate of drug-likeness (QED) is 0.415. The first-order chi connectivity index (χ1) is 15.1. The maximum Gasteiger partial charge on any atom is 0.220 e. The van der Waals surface area contributed by atoms with Crippen LogP contribution in [0.5, 0.6) is 11.5 Å². The SMILES string of the molecule is CCCCCNC(=O)CC(c1cc(OC)cc(OC)c1)c1cn(CC)c2ccccc12. The number of carbonyl (C=O) groups is 1. The Morgan fingerprint density at radius 2 is 1.74 bits per heavy atom. The Balaban J connectivity index is 2.03. The second kappa shape index (κ2) is 10.9. The number of nitrogens with zero attached hydrogens (tertiary/aromatic N) is 1. The summed E-state index contributed by atoms with van der Waals surface area (Å²) in [7, 11) is 3.30. The molecule has 1 aromatic heterocycles. The third-order valence-electron chi connectivity index (χ3n) is 5.80. The fourth-order valence-corrected chi connectivity index (χ4v) is 4.11. The number of methoxy groups -OCH3 is 2. The molecule has 0 fully saturated rings. The largest absolute Gasteiger partial charge is 0.497 e. The fraction of sp³-hybridized carbons (Fsp3) is 0.423. The Labute approximate surface area is 185 Å². The van der Waals surface area contributed by atoms with E-state index in [2.05, 4.69) is 54.2 Å². The van der Waals surface area contributed by atoms with Gasteiger partial charge in [-0.3, -0.25) is 4.79 Å². The van der Waals surface area contributed by atoms with Crippen LogP contribution in [0.3, 0.4) is 0 Å². The predicted octanol–water partition coefficient (Wildman–Crippen LogP) is 5.51. The van der Waals surface area contributed by atoms with Gasteiger partial charge in [0, 0.05) is 48.6 Å². The van der Waals surface area contributed by atoms with Crippen LogP contribution >= 0.6 is 0 Å². The zero-order valence-corrected chi connectivity index (χ0v) is 19.1. The van der Waals surface area contributed by atoms with E-state index in [4.69, 9.17) is 9.47 Å². The smallest absolute Gasteiger partial charge is 0.220 e. The second-order valence-corrected chi connectivity index (χ2v) is 7.85. The summed E-state index contributed by atoms with van der Waals surface area (Å²) in [5.41, 5.74) is 3.35. The van der Waals surface area contributed by atoms with Crippen LogP contribution in [0.4, 0.5) is 0 Å². The molecule has 0 bridgehead atoms. The van der Waals surface area contributed by atoms with Crippen molar-refractivity contribution in [1.29, 1.82) is 0 Å². The Morgan fingerprint density at radius 1 is 1.03 bits per heavy atom. The summed E-state index contributed by atoms with van der Waals surface area (Å²) < 4.78 is 13.3. The molecule has 1 heterocycles. The van der Waals surface area contributed by atoms with Crippen LogP contribution in [0.25, 0.3) is 10.9 Å². The van der Waals surface area contributed by atoms with Gasteiger partial charge in [-0.05, 0) is 42.7 Å². The summed E-state index contributed by atoms with van der Waals surface area (Å²) in [5.74, 6) is 1.41. The maximum absolute atomic E-state index is 12.9. The van der Waals surface area contributed by atoms with Gasteiger partial charge in [0.1, 0.15) is 11.5 Å². The van der Waals surface area contributed by atoms with Gasteiger partial charge in [0.2, 0.25) is 5.91 Å². The highest BCUT2D eigenvalue weighted by molar-refractivity contribution is 5.86. The van der Waals surface area contributed by atoms with Crippen molar-refractivity contribution < 1.29 is 14.3 Å². The standard InChI is InChI=1S/C26H34N2O3/c1-5-7-10-13-27-26(29)17-23(19-14-20(30-3)16-21(15-19)31-4)24-18-28(6-2)25-12-9-8-11-22(24)25/h8-9,11-12,14-16,18,23H,5-7,10,13,17H2,1-4H3,(H,27,29). The lowest BCUT2D eigenvalue weighted by atomic mass is 9.87. The van der Waals surface area contributed by atoms with E-state index in [-0.39, 0.29) is 11.8 Å². The molecule has 31 heavy (non-hydrogen) atoms. The molecule has 0 saturated carbocycles. The van der Waals surface area contributed by atoms with Gasteiger partial charge in [-0.1, -0.05) is 38.0 Å². The monoisotopic (exact) mass is 422 g/mol. The highest BCUT2D eigenvalue weighted by Gasteiger charge is 2.24.